The molecule has 4 rings (SSSR count). The van der Waals surface area contributed by atoms with Gasteiger partial charge in [0.15, 0.2) is 11.5 Å². The van der Waals surface area contributed by atoms with E-state index in [4.69, 9.17) is 4.74 Å². The van der Waals surface area contributed by atoms with E-state index in [2.05, 4.69) is 14.8 Å². The molecule has 0 unspecified atom stereocenters. The van der Waals surface area contributed by atoms with Crippen molar-refractivity contribution in [2.24, 2.45) is 0 Å². The van der Waals surface area contributed by atoms with E-state index < -0.39 is 24.2 Å². The first kappa shape index (κ1) is 19.1. The Bertz CT molecular complexity index is 966. The standard InChI is InChI=1S/C20H18F2N2O5/c1-27-19(26)15-8-12-4-2-3-5-13(12)10-24(15)11-18(25)23-14-6-7-16-17(9-14)29-20(21,22)28-16/h2-7,9,15H,8,10-11H2,1H3,(H,23,25)/t15-/m1/s1. The van der Waals surface area contributed by atoms with E-state index in [9.17, 15) is 18.4 Å². The van der Waals surface area contributed by atoms with Gasteiger partial charge < -0.3 is 19.5 Å². The highest BCUT2D eigenvalue weighted by Crippen LogP contribution is 2.42. The fourth-order valence-corrected chi connectivity index (χ4v) is 3.52. The average Bonchev–Trinajstić information content (AvgIpc) is 2.99. The second-order valence-corrected chi connectivity index (χ2v) is 6.79. The molecule has 1 N–H and O–H groups in total. The molecule has 2 heterocycles. The van der Waals surface area contributed by atoms with Crippen LogP contribution >= 0.6 is 0 Å². The Balaban J connectivity index is 1.47. The molecule has 29 heavy (non-hydrogen) atoms. The molecule has 0 saturated carbocycles. The smallest absolute Gasteiger partial charge is 0.468 e. The molecule has 0 fully saturated rings. The van der Waals surface area contributed by atoms with Gasteiger partial charge in [-0.1, -0.05) is 24.3 Å². The first-order chi connectivity index (χ1) is 13.8. The lowest BCUT2D eigenvalue weighted by molar-refractivity contribution is -0.286. The van der Waals surface area contributed by atoms with E-state index in [0.29, 0.717) is 13.0 Å². The van der Waals surface area contributed by atoms with Crippen molar-refractivity contribution in [2.45, 2.75) is 25.3 Å². The molecule has 0 aliphatic carbocycles. The molecule has 2 aromatic carbocycles. The molecule has 0 bridgehead atoms. The van der Waals surface area contributed by atoms with Gasteiger partial charge in [0.2, 0.25) is 5.91 Å². The van der Waals surface area contributed by atoms with Crippen molar-refractivity contribution in [3.63, 3.8) is 0 Å². The molecule has 1 amide bonds. The number of anilines is 1. The molecule has 2 aromatic rings. The van der Waals surface area contributed by atoms with E-state index in [-0.39, 0.29) is 23.7 Å². The fourth-order valence-electron chi connectivity index (χ4n) is 3.52. The highest BCUT2D eigenvalue weighted by Gasteiger charge is 2.43. The third-order valence-electron chi connectivity index (χ3n) is 4.85. The Morgan fingerprint density at radius 1 is 1.17 bits per heavy atom. The molecule has 0 aromatic heterocycles. The van der Waals surface area contributed by atoms with Crippen LogP contribution in [0.25, 0.3) is 0 Å². The molecule has 2 aliphatic rings. The number of ether oxygens (including phenoxy) is 3. The third-order valence-corrected chi connectivity index (χ3v) is 4.85. The topological polar surface area (TPSA) is 77.1 Å². The summed E-state index contributed by atoms with van der Waals surface area (Å²) < 4.78 is 39.9. The number of fused-ring (bicyclic) bond motifs is 2. The molecule has 1 atom stereocenters. The van der Waals surface area contributed by atoms with E-state index in [1.165, 1.54) is 25.3 Å². The summed E-state index contributed by atoms with van der Waals surface area (Å²) in [5.74, 6) is -1.08. The van der Waals surface area contributed by atoms with Crippen molar-refractivity contribution in [1.29, 1.82) is 0 Å². The third kappa shape index (κ3) is 4.00. The predicted molar refractivity (Wildman–Crippen MR) is 97.6 cm³/mol. The second-order valence-electron chi connectivity index (χ2n) is 6.79. The van der Waals surface area contributed by atoms with Crippen LogP contribution in [-0.4, -0.2) is 42.8 Å². The van der Waals surface area contributed by atoms with E-state index in [1.54, 1.807) is 4.90 Å². The van der Waals surface area contributed by atoms with Crippen LogP contribution in [0.1, 0.15) is 11.1 Å². The van der Waals surface area contributed by atoms with Gasteiger partial charge in [-0.05, 0) is 29.7 Å². The Morgan fingerprint density at radius 3 is 2.66 bits per heavy atom. The largest absolute Gasteiger partial charge is 0.586 e. The van der Waals surface area contributed by atoms with Crippen molar-refractivity contribution >= 4 is 17.6 Å². The summed E-state index contributed by atoms with van der Waals surface area (Å²) in [6.45, 7) is 0.343. The molecule has 152 valence electrons. The monoisotopic (exact) mass is 404 g/mol. The summed E-state index contributed by atoms with van der Waals surface area (Å²) in [7, 11) is 1.31. The number of halogens is 2. The SMILES string of the molecule is COC(=O)[C@H]1Cc2ccccc2CN1CC(=O)Nc1ccc2c(c1)OC(F)(F)O2. The lowest BCUT2D eigenvalue weighted by atomic mass is 9.94. The minimum Gasteiger partial charge on any atom is -0.468 e. The molecule has 0 spiro atoms. The summed E-state index contributed by atoms with van der Waals surface area (Å²) in [5, 5.41) is 2.63. The summed E-state index contributed by atoms with van der Waals surface area (Å²) >= 11 is 0. The van der Waals surface area contributed by atoms with Crippen molar-refractivity contribution in [2.75, 3.05) is 19.0 Å². The number of benzene rings is 2. The molecular formula is C20H18F2N2O5. The molecule has 9 heteroatoms. The van der Waals surface area contributed by atoms with Crippen LogP contribution in [-0.2, 0) is 27.3 Å². The van der Waals surface area contributed by atoms with Gasteiger partial charge in [-0.2, -0.15) is 0 Å². The van der Waals surface area contributed by atoms with Gasteiger partial charge in [-0.15, -0.1) is 8.78 Å². The zero-order valence-electron chi connectivity index (χ0n) is 15.5. The van der Waals surface area contributed by atoms with Crippen molar-refractivity contribution in [1.82, 2.24) is 4.90 Å². The van der Waals surface area contributed by atoms with Crippen LogP contribution in [0.4, 0.5) is 14.5 Å². The fraction of sp³-hybridized carbons (Fsp3) is 0.300. The van der Waals surface area contributed by atoms with E-state index in [1.807, 2.05) is 24.3 Å². The molecule has 0 saturated heterocycles. The number of esters is 1. The van der Waals surface area contributed by atoms with Gasteiger partial charge in [0.25, 0.3) is 0 Å². The van der Waals surface area contributed by atoms with Crippen LogP contribution in [0.2, 0.25) is 0 Å². The zero-order valence-corrected chi connectivity index (χ0v) is 15.5. The van der Waals surface area contributed by atoms with Gasteiger partial charge in [0, 0.05) is 18.3 Å². The highest BCUT2D eigenvalue weighted by molar-refractivity contribution is 5.93. The van der Waals surface area contributed by atoms with Crippen LogP contribution in [0, 0.1) is 0 Å². The predicted octanol–water partition coefficient (Wildman–Crippen LogP) is 2.55. The van der Waals surface area contributed by atoms with Gasteiger partial charge in [-0.3, -0.25) is 14.5 Å². The minimum absolute atomic E-state index is 0.0707. The Labute approximate surface area is 165 Å². The number of hydrogen-bond donors (Lipinski definition) is 1. The second kappa shape index (κ2) is 7.32. The number of hydrogen-bond acceptors (Lipinski definition) is 6. The summed E-state index contributed by atoms with van der Waals surface area (Å²) in [6.07, 6.45) is -3.28. The van der Waals surface area contributed by atoms with Gasteiger partial charge in [0.1, 0.15) is 6.04 Å². The molecule has 0 radical (unpaired) electrons. The summed E-state index contributed by atoms with van der Waals surface area (Å²) in [5.41, 5.74) is 2.35. The first-order valence-corrected chi connectivity index (χ1v) is 8.93. The zero-order chi connectivity index (χ0) is 20.6. The van der Waals surface area contributed by atoms with Crippen molar-refractivity contribution < 1.29 is 32.6 Å². The lowest BCUT2D eigenvalue weighted by Crippen LogP contribution is -2.49. The maximum Gasteiger partial charge on any atom is 0.586 e. The van der Waals surface area contributed by atoms with E-state index >= 15 is 0 Å². The average molecular weight is 404 g/mol. The Hall–Kier alpha value is -3.20. The molecule has 7 nitrogen and oxygen atoms in total. The molecule has 2 aliphatic heterocycles. The number of amides is 1. The first-order valence-electron chi connectivity index (χ1n) is 8.93. The Kier molecular flexibility index (Phi) is 4.83. The van der Waals surface area contributed by atoms with Crippen molar-refractivity contribution in [3.05, 3.63) is 53.6 Å². The molecular weight excluding hydrogens is 386 g/mol. The number of nitrogens with one attached hydrogen (secondary N) is 1. The van der Waals surface area contributed by atoms with Gasteiger partial charge in [0.05, 0.1) is 13.7 Å². The summed E-state index contributed by atoms with van der Waals surface area (Å²) in [4.78, 5) is 26.5. The maximum absolute atomic E-state index is 13.1. The highest BCUT2D eigenvalue weighted by atomic mass is 19.3. The minimum atomic E-state index is -3.72. The maximum atomic E-state index is 13.1. The van der Waals surface area contributed by atoms with Crippen LogP contribution in [0.5, 0.6) is 11.5 Å². The number of alkyl halides is 2. The van der Waals surface area contributed by atoms with Crippen LogP contribution in [0.15, 0.2) is 42.5 Å². The number of nitrogens with zero attached hydrogens (tertiary/aromatic N) is 1. The van der Waals surface area contributed by atoms with Crippen molar-refractivity contribution in [3.8, 4) is 11.5 Å². The number of carbonyl (C=O) groups is 2. The normalized spacial score (nSPS) is 19.3. The summed E-state index contributed by atoms with van der Waals surface area (Å²) in [6, 6.07) is 11.1. The van der Waals surface area contributed by atoms with Crippen LogP contribution < -0.4 is 14.8 Å². The van der Waals surface area contributed by atoms with Gasteiger partial charge in [-0.25, -0.2) is 0 Å². The number of methoxy groups -OCH3 is 1. The number of carbonyl (C=O) groups excluding carboxylic acids is 2. The number of rotatable bonds is 4. The Morgan fingerprint density at radius 2 is 1.90 bits per heavy atom. The van der Waals surface area contributed by atoms with Gasteiger partial charge >= 0.3 is 12.3 Å². The quantitative estimate of drug-likeness (QED) is 0.790. The lowest BCUT2D eigenvalue weighted by Gasteiger charge is -2.34. The van der Waals surface area contributed by atoms with E-state index in [0.717, 1.165) is 11.1 Å². The van der Waals surface area contributed by atoms with Crippen LogP contribution in [0.3, 0.4) is 0 Å².